The number of hydrogen-bond acceptors (Lipinski definition) is 3. The highest BCUT2D eigenvalue weighted by atomic mass is 16.5. The zero-order valence-corrected chi connectivity index (χ0v) is 10.2. The molecule has 0 aliphatic heterocycles. The second kappa shape index (κ2) is 7.04. The molecule has 0 aliphatic carbocycles. The number of rotatable bonds is 6. The number of methoxy groups -OCH3 is 1. The van der Waals surface area contributed by atoms with Crippen LogP contribution in [0.5, 0.6) is 0 Å². The Morgan fingerprint density at radius 2 is 2.06 bits per heavy atom. The summed E-state index contributed by atoms with van der Waals surface area (Å²) in [5.41, 5.74) is 0.958. The molecule has 0 aromatic heterocycles. The number of nitrogens with one attached hydrogen (secondary N) is 1. The molecular weight excluding hydrogens is 218 g/mol. The predicted molar refractivity (Wildman–Crippen MR) is 65.7 cm³/mol. The molecule has 0 spiro atoms. The zero-order chi connectivity index (χ0) is 12.7. The number of ether oxygens (including phenoxy) is 1. The molecule has 2 N–H and O–H groups in total. The summed E-state index contributed by atoms with van der Waals surface area (Å²) in [5.74, 6) is -0.339. The van der Waals surface area contributed by atoms with Crippen molar-refractivity contribution in [3.05, 3.63) is 35.9 Å². The van der Waals surface area contributed by atoms with E-state index in [4.69, 9.17) is 9.84 Å². The van der Waals surface area contributed by atoms with Crippen molar-refractivity contribution in [3.8, 4) is 0 Å². The Kier molecular flexibility index (Phi) is 5.66. The lowest BCUT2D eigenvalue weighted by atomic mass is 10.0. The van der Waals surface area contributed by atoms with E-state index in [2.05, 4.69) is 5.32 Å². The minimum absolute atomic E-state index is 0.104. The van der Waals surface area contributed by atoms with Gasteiger partial charge in [-0.05, 0) is 12.5 Å². The number of amides is 1. The third-order valence-electron chi connectivity index (χ3n) is 2.63. The van der Waals surface area contributed by atoms with Crippen LogP contribution in [0.1, 0.15) is 18.4 Å². The first kappa shape index (κ1) is 13.7. The van der Waals surface area contributed by atoms with Crippen LogP contribution in [0.25, 0.3) is 0 Å². The summed E-state index contributed by atoms with van der Waals surface area (Å²) in [7, 11) is 1.54. The normalized spacial score (nSPS) is 14.1. The van der Waals surface area contributed by atoms with E-state index in [1.165, 1.54) is 7.11 Å². The van der Waals surface area contributed by atoms with Crippen molar-refractivity contribution in [1.29, 1.82) is 0 Å². The SMILES string of the molecule is COCC(CO)NC(=O)C(C)c1ccccc1. The van der Waals surface area contributed by atoms with Crippen LogP contribution in [0.3, 0.4) is 0 Å². The van der Waals surface area contributed by atoms with E-state index in [0.717, 1.165) is 5.56 Å². The van der Waals surface area contributed by atoms with Crippen molar-refractivity contribution in [3.63, 3.8) is 0 Å². The first-order valence-corrected chi connectivity index (χ1v) is 5.64. The Bertz CT molecular complexity index is 340. The number of benzene rings is 1. The molecule has 0 heterocycles. The van der Waals surface area contributed by atoms with Crippen LogP contribution in [0, 0.1) is 0 Å². The van der Waals surface area contributed by atoms with Crippen molar-refractivity contribution >= 4 is 5.91 Å². The zero-order valence-electron chi connectivity index (χ0n) is 10.2. The molecule has 1 amide bonds. The van der Waals surface area contributed by atoms with Crippen LogP contribution in [0.2, 0.25) is 0 Å². The topological polar surface area (TPSA) is 58.6 Å². The maximum absolute atomic E-state index is 11.9. The van der Waals surface area contributed by atoms with Crippen molar-refractivity contribution in [2.45, 2.75) is 18.9 Å². The number of aliphatic hydroxyl groups excluding tert-OH is 1. The molecule has 0 bridgehead atoms. The predicted octanol–water partition coefficient (Wildman–Crippen LogP) is 0.914. The number of aliphatic hydroxyl groups is 1. The van der Waals surface area contributed by atoms with Gasteiger partial charge in [-0.15, -0.1) is 0 Å². The fourth-order valence-electron chi connectivity index (χ4n) is 1.56. The second-order valence-electron chi connectivity index (χ2n) is 3.98. The summed E-state index contributed by atoms with van der Waals surface area (Å²) >= 11 is 0. The molecule has 2 atom stereocenters. The summed E-state index contributed by atoms with van der Waals surface area (Å²) in [6, 6.07) is 9.19. The quantitative estimate of drug-likeness (QED) is 0.773. The van der Waals surface area contributed by atoms with Crippen molar-refractivity contribution < 1.29 is 14.6 Å². The molecule has 1 rings (SSSR count). The third-order valence-corrected chi connectivity index (χ3v) is 2.63. The molecule has 94 valence electrons. The molecule has 0 saturated carbocycles. The third kappa shape index (κ3) is 4.17. The lowest BCUT2D eigenvalue weighted by Crippen LogP contribution is -2.42. The first-order chi connectivity index (χ1) is 8.19. The Labute approximate surface area is 102 Å². The molecule has 4 heteroatoms. The number of carbonyl (C=O) groups is 1. The molecule has 2 unspecified atom stereocenters. The Morgan fingerprint density at radius 1 is 1.41 bits per heavy atom. The van der Waals surface area contributed by atoms with E-state index >= 15 is 0 Å². The van der Waals surface area contributed by atoms with Gasteiger partial charge in [0.1, 0.15) is 0 Å². The van der Waals surface area contributed by atoms with Crippen molar-refractivity contribution in [1.82, 2.24) is 5.32 Å². The minimum atomic E-state index is -0.348. The van der Waals surface area contributed by atoms with Gasteiger partial charge in [0.2, 0.25) is 5.91 Å². The highest BCUT2D eigenvalue weighted by Crippen LogP contribution is 2.14. The van der Waals surface area contributed by atoms with E-state index in [1.54, 1.807) is 0 Å². The van der Waals surface area contributed by atoms with Crippen LogP contribution in [0.15, 0.2) is 30.3 Å². The van der Waals surface area contributed by atoms with Crippen molar-refractivity contribution in [2.75, 3.05) is 20.3 Å². The molecule has 0 saturated heterocycles. The van der Waals surface area contributed by atoms with Gasteiger partial charge in [0.05, 0.1) is 25.2 Å². The summed E-state index contributed by atoms with van der Waals surface area (Å²) < 4.78 is 4.91. The van der Waals surface area contributed by atoms with Gasteiger partial charge in [-0.3, -0.25) is 4.79 Å². The fourth-order valence-corrected chi connectivity index (χ4v) is 1.56. The van der Waals surface area contributed by atoms with Gasteiger partial charge in [-0.25, -0.2) is 0 Å². The van der Waals surface area contributed by atoms with Crippen LogP contribution >= 0.6 is 0 Å². The number of hydrogen-bond donors (Lipinski definition) is 2. The van der Waals surface area contributed by atoms with E-state index in [0.29, 0.717) is 6.61 Å². The summed E-state index contributed by atoms with van der Waals surface area (Å²) in [4.78, 5) is 11.9. The van der Waals surface area contributed by atoms with E-state index < -0.39 is 0 Å². The van der Waals surface area contributed by atoms with E-state index in [9.17, 15) is 4.79 Å². The molecule has 1 aromatic carbocycles. The molecule has 17 heavy (non-hydrogen) atoms. The molecule has 1 aromatic rings. The van der Waals surface area contributed by atoms with Crippen LogP contribution in [0.4, 0.5) is 0 Å². The van der Waals surface area contributed by atoms with Crippen LogP contribution < -0.4 is 5.32 Å². The summed E-state index contributed by atoms with van der Waals surface area (Å²) in [5, 5.41) is 11.8. The van der Waals surface area contributed by atoms with Crippen LogP contribution in [-0.4, -0.2) is 37.4 Å². The second-order valence-corrected chi connectivity index (χ2v) is 3.98. The molecule has 0 aliphatic rings. The smallest absolute Gasteiger partial charge is 0.227 e. The standard InChI is InChI=1S/C13H19NO3/c1-10(11-6-4-3-5-7-11)13(16)14-12(8-15)9-17-2/h3-7,10,12,15H,8-9H2,1-2H3,(H,14,16). The Hall–Kier alpha value is -1.39. The lowest BCUT2D eigenvalue weighted by Gasteiger charge is -2.18. The maximum Gasteiger partial charge on any atom is 0.227 e. The van der Waals surface area contributed by atoms with Gasteiger partial charge in [-0.1, -0.05) is 30.3 Å². The van der Waals surface area contributed by atoms with Gasteiger partial charge >= 0.3 is 0 Å². The maximum atomic E-state index is 11.9. The highest BCUT2D eigenvalue weighted by molar-refractivity contribution is 5.83. The van der Waals surface area contributed by atoms with E-state index in [-0.39, 0.29) is 24.5 Å². The minimum Gasteiger partial charge on any atom is -0.394 e. The summed E-state index contributed by atoms with van der Waals surface area (Å²) in [6.45, 7) is 2.02. The molecule has 0 radical (unpaired) electrons. The van der Waals surface area contributed by atoms with Gasteiger partial charge in [-0.2, -0.15) is 0 Å². The first-order valence-electron chi connectivity index (χ1n) is 5.64. The van der Waals surface area contributed by atoms with E-state index in [1.807, 2.05) is 37.3 Å². The largest absolute Gasteiger partial charge is 0.394 e. The monoisotopic (exact) mass is 237 g/mol. The Morgan fingerprint density at radius 3 is 2.59 bits per heavy atom. The van der Waals surface area contributed by atoms with Crippen molar-refractivity contribution in [2.24, 2.45) is 0 Å². The Balaban J connectivity index is 2.58. The van der Waals surface area contributed by atoms with Gasteiger partial charge in [0.25, 0.3) is 0 Å². The highest BCUT2D eigenvalue weighted by Gasteiger charge is 2.18. The molecular formula is C13H19NO3. The lowest BCUT2D eigenvalue weighted by molar-refractivity contribution is -0.123. The molecule has 0 fully saturated rings. The van der Waals surface area contributed by atoms with Gasteiger partial charge in [0.15, 0.2) is 0 Å². The molecule has 4 nitrogen and oxygen atoms in total. The van der Waals surface area contributed by atoms with Crippen LogP contribution in [-0.2, 0) is 9.53 Å². The van der Waals surface area contributed by atoms with Gasteiger partial charge < -0.3 is 15.2 Å². The number of carbonyl (C=O) groups excluding carboxylic acids is 1. The fraction of sp³-hybridized carbons (Fsp3) is 0.462. The summed E-state index contributed by atoms with van der Waals surface area (Å²) in [6.07, 6.45) is 0. The average Bonchev–Trinajstić information content (AvgIpc) is 2.38. The van der Waals surface area contributed by atoms with Gasteiger partial charge in [0, 0.05) is 7.11 Å². The average molecular weight is 237 g/mol.